The summed E-state index contributed by atoms with van der Waals surface area (Å²) in [7, 11) is 0. The zero-order valence-corrected chi connectivity index (χ0v) is 10.3. The summed E-state index contributed by atoms with van der Waals surface area (Å²) in [6, 6.07) is 14.6. The molecule has 4 nitrogen and oxygen atoms in total. The number of fused-ring (bicyclic) bond motifs is 1. The Kier molecular flexibility index (Phi) is 2.76. The van der Waals surface area contributed by atoms with Crippen molar-refractivity contribution in [3.63, 3.8) is 0 Å². The molecule has 0 saturated heterocycles. The number of aromatic amines is 1. The van der Waals surface area contributed by atoms with Crippen LogP contribution in [0.2, 0.25) is 0 Å². The van der Waals surface area contributed by atoms with Crippen LogP contribution in [-0.2, 0) is 6.61 Å². The lowest BCUT2D eigenvalue weighted by atomic mass is 10.2. The molecule has 0 fully saturated rings. The number of ether oxygens (including phenoxy) is 1. The van der Waals surface area contributed by atoms with Crippen LogP contribution in [0.4, 0.5) is 5.69 Å². The van der Waals surface area contributed by atoms with Crippen molar-refractivity contribution in [2.75, 3.05) is 5.73 Å². The molecule has 1 heterocycles. The molecule has 3 aromatic rings. The fourth-order valence-corrected chi connectivity index (χ4v) is 2.02. The van der Waals surface area contributed by atoms with Gasteiger partial charge >= 0.3 is 0 Å². The summed E-state index contributed by atoms with van der Waals surface area (Å²) in [6.07, 6.45) is 0. The zero-order chi connectivity index (χ0) is 13.2. The monoisotopic (exact) mass is 254 g/mol. The molecule has 4 N–H and O–H groups in total. The number of hydrogen-bond donors (Lipinski definition) is 3. The summed E-state index contributed by atoms with van der Waals surface area (Å²) >= 11 is 0. The molecule has 3 rings (SSSR count). The minimum Gasteiger partial charge on any atom is -0.504 e. The molecule has 1 aromatic heterocycles. The number of nitrogens with one attached hydrogen (secondary N) is 1. The van der Waals surface area contributed by atoms with Crippen LogP contribution in [0.1, 0.15) is 5.69 Å². The molecule has 0 amide bonds. The molecule has 0 atom stereocenters. The first kappa shape index (κ1) is 11.5. The van der Waals surface area contributed by atoms with Gasteiger partial charge in [-0.15, -0.1) is 0 Å². The number of nitrogens with two attached hydrogens (primary N) is 1. The molecular weight excluding hydrogens is 240 g/mol. The Morgan fingerprint density at radius 1 is 1.11 bits per heavy atom. The van der Waals surface area contributed by atoms with Gasteiger partial charge in [-0.05, 0) is 35.7 Å². The van der Waals surface area contributed by atoms with Gasteiger partial charge in [0.2, 0.25) is 0 Å². The van der Waals surface area contributed by atoms with Crippen LogP contribution in [-0.4, -0.2) is 10.1 Å². The van der Waals surface area contributed by atoms with Crippen LogP contribution in [0.25, 0.3) is 10.9 Å². The maximum Gasteiger partial charge on any atom is 0.161 e. The number of nitrogen functional groups attached to an aromatic ring is 1. The zero-order valence-electron chi connectivity index (χ0n) is 10.3. The maximum atomic E-state index is 9.61. The van der Waals surface area contributed by atoms with Crippen LogP contribution >= 0.6 is 0 Å². The smallest absolute Gasteiger partial charge is 0.161 e. The Balaban J connectivity index is 1.80. The standard InChI is InChI=1S/C15H14N2O2/c16-11-6-5-10-7-12(17-13(10)8-11)9-19-15-4-2-1-3-14(15)18/h1-8,17-18H,9,16H2. The van der Waals surface area contributed by atoms with E-state index in [-0.39, 0.29) is 5.75 Å². The molecule has 4 heteroatoms. The molecule has 0 bridgehead atoms. The van der Waals surface area contributed by atoms with E-state index in [9.17, 15) is 5.11 Å². The number of phenols is 1. The molecule has 0 unspecified atom stereocenters. The second kappa shape index (κ2) is 4.57. The number of rotatable bonds is 3. The molecule has 2 aromatic carbocycles. The molecule has 0 aliphatic heterocycles. The van der Waals surface area contributed by atoms with Gasteiger partial charge in [-0.2, -0.15) is 0 Å². The van der Waals surface area contributed by atoms with E-state index in [1.807, 2.05) is 30.3 Å². The minimum absolute atomic E-state index is 0.142. The first-order valence-corrected chi connectivity index (χ1v) is 6.00. The fourth-order valence-electron chi connectivity index (χ4n) is 2.02. The average molecular weight is 254 g/mol. The van der Waals surface area contributed by atoms with E-state index in [0.717, 1.165) is 22.3 Å². The van der Waals surface area contributed by atoms with Crippen LogP contribution in [0.15, 0.2) is 48.5 Å². The Labute approximate surface area is 110 Å². The molecular formula is C15H14N2O2. The molecule has 96 valence electrons. The summed E-state index contributed by atoms with van der Waals surface area (Å²) < 4.78 is 5.57. The number of anilines is 1. The van der Waals surface area contributed by atoms with Crippen molar-refractivity contribution >= 4 is 16.6 Å². The van der Waals surface area contributed by atoms with E-state index in [1.165, 1.54) is 0 Å². The highest BCUT2D eigenvalue weighted by atomic mass is 16.5. The van der Waals surface area contributed by atoms with Crippen molar-refractivity contribution in [1.29, 1.82) is 0 Å². The van der Waals surface area contributed by atoms with Gasteiger partial charge in [0, 0.05) is 11.2 Å². The predicted octanol–water partition coefficient (Wildman–Crippen LogP) is 3.03. The largest absolute Gasteiger partial charge is 0.504 e. The van der Waals surface area contributed by atoms with E-state index in [0.29, 0.717) is 12.4 Å². The first-order valence-electron chi connectivity index (χ1n) is 6.00. The normalized spacial score (nSPS) is 10.7. The van der Waals surface area contributed by atoms with Crippen LogP contribution in [0.3, 0.4) is 0 Å². The van der Waals surface area contributed by atoms with Crippen molar-refractivity contribution in [1.82, 2.24) is 4.98 Å². The number of hydrogen-bond acceptors (Lipinski definition) is 3. The summed E-state index contributed by atoms with van der Waals surface area (Å²) in [5.74, 6) is 0.614. The Bertz CT molecular complexity index is 719. The third-order valence-electron chi connectivity index (χ3n) is 2.95. The molecule has 0 radical (unpaired) electrons. The van der Waals surface area contributed by atoms with Gasteiger partial charge in [-0.25, -0.2) is 0 Å². The lowest BCUT2D eigenvalue weighted by Gasteiger charge is -2.05. The fraction of sp³-hybridized carbons (Fsp3) is 0.0667. The summed E-state index contributed by atoms with van der Waals surface area (Å²) in [5, 5.41) is 10.7. The lowest BCUT2D eigenvalue weighted by Crippen LogP contribution is -1.95. The highest BCUT2D eigenvalue weighted by Crippen LogP contribution is 2.26. The van der Waals surface area contributed by atoms with Gasteiger partial charge in [0.25, 0.3) is 0 Å². The van der Waals surface area contributed by atoms with Crippen LogP contribution < -0.4 is 10.5 Å². The Morgan fingerprint density at radius 2 is 1.95 bits per heavy atom. The quantitative estimate of drug-likeness (QED) is 0.629. The van der Waals surface area contributed by atoms with E-state index >= 15 is 0 Å². The van der Waals surface area contributed by atoms with E-state index in [1.54, 1.807) is 18.2 Å². The highest BCUT2D eigenvalue weighted by Gasteiger charge is 2.04. The van der Waals surface area contributed by atoms with Gasteiger partial charge in [0.1, 0.15) is 6.61 Å². The third kappa shape index (κ3) is 2.33. The molecule has 0 aliphatic rings. The highest BCUT2D eigenvalue weighted by molar-refractivity contribution is 5.83. The van der Waals surface area contributed by atoms with Crippen molar-refractivity contribution in [3.8, 4) is 11.5 Å². The first-order chi connectivity index (χ1) is 9.22. The second-order valence-electron chi connectivity index (χ2n) is 4.40. The van der Waals surface area contributed by atoms with Crippen molar-refractivity contribution < 1.29 is 9.84 Å². The molecule has 0 saturated carbocycles. The average Bonchev–Trinajstić information content (AvgIpc) is 2.79. The SMILES string of the molecule is Nc1ccc2cc(COc3ccccc3O)[nH]c2c1. The van der Waals surface area contributed by atoms with E-state index in [2.05, 4.69) is 4.98 Å². The molecule has 0 aliphatic carbocycles. The number of H-pyrrole nitrogens is 1. The van der Waals surface area contributed by atoms with E-state index in [4.69, 9.17) is 10.5 Å². The van der Waals surface area contributed by atoms with Crippen molar-refractivity contribution in [2.45, 2.75) is 6.61 Å². The number of aromatic hydroxyl groups is 1. The number of para-hydroxylation sites is 2. The van der Waals surface area contributed by atoms with Crippen LogP contribution in [0.5, 0.6) is 11.5 Å². The molecule has 19 heavy (non-hydrogen) atoms. The Hall–Kier alpha value is -2.62. The van der Waals surface area contributed by atoms with Gasteiger partial charge < -0.3 is 20.6 Å². The topological polar surface area (TPSA) is 71.3 Å². The van der Waals surface area contributed by atoms with Gasteiger partial charge in [-0.3, -0.25) is 0 Å². The second-order valence-corrected chi connectivity index (χ2v) is 4.40. The van der Waals surface area contributed by atoms with Crippen molar-refractivity contribution in [3.05, 3.63) is 54.2 Å². The number of aromatic nitrogens is 1. The molecule has 0 spiro atoms. The Morgan fingerprint density at radius 3 is 2.79 bits per heavy atom. The number of phenolic OH excluding ortho intramolecular Hbond substituents is 1. The van der Waals surface area contributed by atoms with Crippen LogP contribution in [0, 0.1) is 0 Å². The third-order valence-corrected chi connectivity index (χ3v) is 2.95. The maximum absolute atomic E-state index is 9.61. The summed E-state index contributed by atoms with van der Waals surface area (Å²) in [5.41, 5.74) is 8.37. The lowest BCUT2D eigenvalue weighted by molar-refractivity contribution is 0.286. The number of benzene rings is 2. The van der Waals surface area contributed by atoms with Crippen molar-refractivity contribution in [2.24, 2.45) is 0 Å². The van der Waals surface area contributed by atoms with Gasteiger partial charge in [0.05, 0.1) is 5.69 Å². The van der Waals surface area contributed by atoms with Gasteiger partial charge in [-0.1, -0.05) is 18.2 Å². The minimum atomic E-state index is 0.142. The summed E-state index contributed by atoms with van der Waals surface area (Å²) in [4.78, 5) is 3.24. The summed E-state index contributed by atoms with van der Waals surface area (Å²) in [6.45, 7) is 0.367. The van der Waals surface area contributed by atoms with E-state index < -0.39 is 0 Å². The predicted molar refractivity (Wildman–Crippen MR) is 75.1 cm³/mol. The van der Waals surface area contributed by atoms with Gasteiger partial charge in [0.15, 0.2) is 11.5 Å².